The molecule has 1 unspecified atom stereocenters. The number of nitrogens with zero attached hydrogens (tertiary/aromatic N) is 2. The summed E-state index contributed by atoms with van der Waals surface area (Å²) in [6.07, 6.45) is 3.38. The van der Waals surface area contributed by atoms with Gasteiger partial charge in [0.15, 0.2) is 0 Å². The van der Waals surface area contributed by atoms with Crippen LogP contribution in [0, 0.1) is 11.3 Å². The van der Waals surface area contributed by atoms with E-state index < -0.39 is 5.97 Å². The van der Waals surface area contributed by atoms with E-state index in [0.717, 1.165) is 51.0 Å². The van der Waals surface area contributed by atoms with Crippen LogP contribution in [0.3, 0.4) is 0 Å². The molecule has 1 aromatic carbocycles. The Labute approximate surface area is 162 Å². The Hall–Kier alpha value is -1.88. The van der Waals surface area contributed by atoms with Crippen molar-refractivity contribution in [3.63, 3.8) is 0 Å². The van der Waals surface area contributed by atoms with Crippen molar-refractivity contribution in [3.8, 4) is 0 Å². The van der Waals surface area contributed by atoms with Crippen LogP contribution in [0.15, 0.2) is 18.2 Å². The van der Waals surface area contributed by atoms with E-state index in [1.807, 2.05) is 25.7 Å². The quantitative estimate of drug-likeness (QED) is 0.880. The Kier molecular flexibility index (Phi) is 5.61. The second-order valence-electron chi connectivity index (χ2n) is 9.15. The Morgan fingerprint density at radius 2 is 1.85 bits per heavy atom. The molecule has 0 radical (unpaired) electrons. The Bertz CT molecular complexity index is 715. The number of fused-ring (bicyclic) bond motifs is 1. The first-order chi connectivity index (χ1) is 12.7. The van der Waals surface area contributed by atoms with E-state index in [1.165, 1.54) is 11.1 Å². The fraction of sp³-hybridized carbons (Fsp3) is 0.636. The molecule has 2 aliphatic rings. The molecular weight excluding hydrogens is 340 g/mol. The summed E-state index contributed by atoms with van der Waals surface area (Å²) in [4.78, 5) is 28.2. The highest BCUT2D eigenvalue weighted by Gasteiger charge is 2.36. The van der Waals surface area contributed by atoms with E-state index in [-0.39, 0.29) is 23.3 Å². The molecule has 1 aromatic rings. The van der Waals surface area contributed by atoms with E-state index in [2.05, 4.69) is 30.0 Å². The van der Waals surface area contributed by atoms with Crippen molar-refractivity contribution in [2.75, 3.05) is 24.5 Å². The van der Waals surface area contributed by atoms with Crippen LogP contribution in [0.1, 0.15) is 51.7 Å². The van der Waals surface area contributed by atoms with E-state index in [4.69, 9.17) is 5.11 Å². The van der Waals surface area contributed by atoms with Crippen LogP contribution >= 0.6 is 0 Å². The largest absolute Gasteiger partial charge is 0.481 e. The molecule has 0 aliphatic carbocycles. The van der Waals surface area contributed by atoms with Crippen molar-refractivity contribution >= 4 is 17.6 Å². The number of benzene rings is 1. The van der Waals surface area contributed by atoms with Gasteiger partial charge in [-0.25, -0.2) is 0 Å². The molecule has 1 atom stereocenters. The summed E-state index contributed by atoms with van der Waals surface area (Å²) in [7, 11) is 0. The normalized spacial score (nSPS) is 21.3. The summed E-state index contributed by atoms with van der Waals surface area (Å²) < 4.78 is 0. The maximum absolute atomic E-state index is 12.8. The number of amides is 1. The monoisotopic (exact) mass is 372 g/mol. The topological polar surface area (TPSA) is 60.9 Å². The van der Waals surface area contributed by atoms with Crippen molar-refractivity contribution < 1.29 is 14.7 Å². The fourth-order valence-corrected chi connectivity index (χ4v) is 4.20. The van der Waals surface area contributed by atoms with Crippen molar-refractivity contribution in [1.82, 2.24) is 4.90 Å². The van der Waals surface area contributed by atoms with Gasteiger partial charge in [-0.15, -0.1) is 0 Å². The minimum atomic E-state index is -0.656. The number of carbonyl (C=O) groups excluding carboxylic acids is 1. The molecule has 0 aromatic heterocycles. The number of hydrogen-bond acceptors (Lipinski definition) is 3. The number of anilines is 1. The van der Waals surface area contributed by atoms with Crippen LogP contribution in [0.4, 0.5) is 5.69 Å². The minimum absolute atomic E-state index is 0.172. The van der Waals surface area contributed by atoms with Gasteiger partial charge in [-0.3, -0.25) is 9.59 Å². The molecule has 27 heavy (non-hydrogen) atoms. The van der Waals surface area contributed by atoms with Gasteiger partial charge in [0.1, 0.15) is 0 Å². The van der Waals surface area contributed by atoms with Gasteiger partial charge in [-0.1, -0.05) is 32.9 Å². The highest BCUT2D eigenvalue weighted by Crippen LogP contribution is 2.36. The molecule has 1 saturated heterocycles. The number of carboxylic acid groups (broad SMARTS) is 1. The van der Waals surface area contributed by atoms with Crippen molar-refractivity contribution in [2.45, 2.75) is 59.4 Å². The predicted octanol–water partition coefficient (Wildman–Crippen LogP) is 3.35. The van der Waals surface area contributed by atoms with Crippen molar-refractivity contribution in [2.24, 2.45) is 11.3 Å². The van der Waals surface area contributed by atoms with Crippen LogP contribution in [-0.2, 0) is 22.4 Å². The third-order valence-electron chi connectivity index (χ3n) is 5.87. The fourth-order valence-electron chi connectivity index (χ4n) is 4.20. The molecule has 0 spiro atoms. The summed E-state index contributed by atoms with van der Waals surface area (Å²) in [5.74, 6) is -0.645. The zero-order chi connectivity index (χ0) is 19.8. The van der Waals surface area contributed by atoms with E-state index in [1.54, 1.807) is 0 Å². The SMILES string of the molecule is CC1Cc2cc(CCN3CCC(C(=O)O)CC3)ccc2N1C(=O)C(C)(C)C. The summed E-state index contributed by atoms with van der Waals surface area (Å²) in [6, 6.07) is 6.71. The molecule has 1 amide bonds. The number of likely N-dealkylation sites (tertiary alicyclic amines) is 1. The third-order valence-corrected chi connectivity index (χ3v) is 5.87. The number of rotatable bonds is 4. The molecule has 148 valence electrons. The molecule has 0 saturated carbocycles. The lowest BCUT2D eigenvalue weighted by atomic mass is 9.94. The minimum Gasteiger partial charge on any atom is -0.481 e. The van der Waals surface area contributed by atoms with Gasteiger partial charge in [0.25, 0.3) is 0 Å². The zero-order valence-electron chi connectivity index (χ0n) is 17.0. The molecule has 2 heterocycles. The van der Waals surface area contributed by atoms with Crippen LogP contribution in [0.2, 0.25) is 0 Å². The van der Waals surface area contributed by atoms with E-state index in [0.29, 0.717) is 0 Å². The van der Waals surface area contributed by atoms with Crippen LogP contribution in [0.5, 0.6) is 0 Å². The number of carboxylic acids is 1. The van der Waals surface area contributed by atoms with E-state index in [9.17, 15) is 9.59 Å². The number of aliphatic carboxylic acids is 1. The lowest BCUT2D eigenvalue weighted by Gasteiger charge is -2.30. The molecule has 1 N–H and O–H groups in total. The highest BCUT2D eigenvalue weighted by atomic mass is 16.4. The first-order valence-electron chi connectivity index (χ1n) is 10.1. The summed E-state index contributed by atoms with van der Waals surface area (Å²) in [6.45, 7) is 10.7. The molecular formula is C22H32N2O3. The number of piperidine rings is 1. The predicted molar refractivity (Wildman–Crippen MR) is 107 cm³/mol. The van der Waals surface area contributed by atoms with E-state index >= 15 is 0 Å². The first-order valence-corrected chi connectivity index (χ1v) is 10.1. The van der Waals surface area contributed by atoms with Gasteiger partial charge in [-0.2, -0.15) is 0 Å². The smallest absolute Gasteiger partial charge is 0.306 e. The molecule has 1 fully saturated rings. The molecule has 5 nitrogen and oxygen atoms in total. The van der Waals surface area contributed by atoms with Gasteiger partial charge in [0, 0.05) is 23.7 Å². The van der Waals surface area contributed by atoms with Crippen molar-refractivity contribution in [3.05, 3.63) is 29.3 Å². The van der Waals surface area contributed by atoms with Crippen LogP contribution in [-0.4, -0.2) is 47.6 Å². The number of carbonyl (C=O) groups is 2. The zero-order valence-corrected chi connectivity index (χ0v) is 17.0. The second-order valence-corrected chi connectivity index (χ2v) is 9.15. The Balaban J connectivity index is 1.62. The van der Waals surface area contributed by atoms with Crippen LogP contribution in [0.25, 0.3) is 0 Å². The lowest BCUT2D eigenvalue weighted by Crippen LogP contribution is -2.42. The third kappa shape index (κ3) is 4.34. The second kappa shape index (κ2) is 7.63. The maximum Gasteiger partial charge on any atom is 0.306 e. The average Bonchev–Trinajstić information content (AvgIpc) is 2.93. The lowest BCUT2D eigenvalue weighted by molar-refractivity contribution is -0.143. The Morgan fingerprint density at radius 3 is 2.44 bits per heavy atom. The maximum atomic E-state index is 12.8. The summed E-state index contributed by atoms with van der Waals surface area (Å²) >= 11 is 0. The van der Waals surface area contributed by atoms with Gasteiger partial charge < -0.3 is 14.9 Å². The van der Waals surface area contributed by atoms with Gasteiger partial charge in [0.2, 0.25) is 5.91 Å². The summed E-state index contributed by atoms with van der Waals surface area (Å²) in [5, 5.41) is 9.11. The standard InChI is InChI=1S/C22H32N2O3/c1-15-13-18-14-16(5-6-19(18)24(15)21(27)22(2,3)4)7-10-23-11-8-17(9-12-23)20(25)26/h5-6,14-15,17H,7-13H2,1-4H3,(H,25,26). The van der Waals surface area contributed by atoms with Crippen LogP contribution < -0.4 is 4.90 Å². The molecule has 3 rings (SSSR count). The Morgan fingerprint density at radius 1 is 1.19 bits per heavy atom. The van der Waals surface area contributed by atoms with Gasteiger partial charge >= 0.3 is 5.97 Å². The summed E-state index contributed by atoms with van der Waals surface area (Å²) in [5.41, 5.74) is 3.25. The highest BCUT2D eigenvalue weighted by molar-refractivity contribution is 5.99. The van der Waals surface area contributed by atoms with Crippen molar-refractivity contribution in [1.29, 1.82) is 0 Å². The average molecular weight is 373 g/mol. The molecule has 5 heteroatoms. The van der Waals surface area contributed by atoms with Gasteiger partial charge in [-0.05, 0) is 62.9 Å². The molecule has 0 bridgehead atoms. The first kappa shape index (κ1) is 19.9. The molecule has 2 aliphatic heterocycles. The van der Waals surface area contributed by atoms with Gasteiger partial charge in [0.05, 0.1) is 5.92 Å². The number of hydrogen-bond donors (Lipinski definition) is 1.